The summed E-state index contributed by atoms with van der Waals surface area (Å²) in [5, 5.41) is 22.8. The van der Waals surface area contributed by atoms with E-state index in [-0.39, 0.29) is 5.69 Å². The van der Waals surface area contributed by atoms with E-state index in [0.717, 1.165) is 0 Å². The molecule has 1 aromatic carbocycles. The Morgan fingerprint density at radius 1 is 1.56 bits per heavy atom. The van der Waals surface area contributed by atoms with E-state index in [4.69, 9.17) is 5.11 Å². The standard InChI is InChI=1S/C11H11BrN2O4/c1-6-4-8(7(12)5-9(6)14(17)18)13-11(2-3-11)10(15)16/h4-5,13H,2-3H2,1H3,(H,15,16). The Labute approximate surface area is 111 Å². The first-order valence-electron chi connectivity index (χ1n) is 5.32. The molecule has 1 fully saturated rings. The van der Waals surface area contributed by atoms with Crippen LogP contribution in [0.4, 0.5) is 11.4 Å². The highest BCUT2D eigenvalue weighted by molar-refractivity contribution is 9.10. The molecule has 0 spiro atoms. The lowest BCUT2D eigenvalue weighted by atomic mass is 10.1. The first-order chi connectivity index (χ1) is 8.35. The Hall–Kier alpha value is -1.63. The minimum atomic E-state index is -0.912. The predicted octanol–water partition coefficient (Wildman–Crippen LogP) is 2.69. The average molecular weight is 315 g/mol. The molecule has 1 aliphatic carbocycles. The Balaban J connectivity index is 2.33. The van der Waals surface area contributed by atoms with Crippen LogP contribution in [-0.4, -0.2) is 21.5 Å². The second-order valence-corrected chi connectivity index (χ2v) is 5.24. The molecule has 0 unspecified atom stereocenters. The van der Waals surface area contributed by atoms with Crippen molar-refractivity contribution in [2.45, 2.75) is 25.3 Å². The third-order valence-electron chi connectivity index (χ3n) is 3.02. The maximum atomic E-state index is 11.1. The molecule has 0 amide bonds. The van der Waals surface area contributed by atoms with E-state index in [9.17, 15) is 14.9 Å². The zero-order valence-corrected chi connectivity index (χ0v) is 11.2. The summed E-state index contributed by atoms with van der Waals surface area (Å²) in [5.41, 5.74) is 0.156. The van der Waals surface area contributed by atoms with E-state index in [0.29, 0.717) is 28.6 Å². The Morgan fingerprint density at radius 2 is 2.17 bits per heavy atom. The molecule has 1 aliphatic rings. The molecular formula is C11H11BrN2O4. The van der Waals surface area contributed by atoms with Crippen molar-refractivity contribution in [2.75, 3.05) is 5.32 Å². The lowest BCUT2D eigenvalue weighted by Gasteiger charge is -2.15. The van der Waals surface area contributed by atoms with Crippen LogP contribution >= 0.6 is 15.9 Å². The maximum absolute atomic E-state index is 11.1. The summed E-state index contributed by atoms with van der Waals surface area (Å²) in [4.78, 5) is 21.4. The number of aliphatic carboxylic acids is 1. The molecule has 2 N–H and O–H groups in total. The number of carboxylic acids is 1. The van der Waals surface area contributed by atoms with Crippen molar-refractivity contribution in [3.05, 3.63) is 32.3 Å². The van der Waals surface area contributed by atoms with Gasteiger partial charge >= 0.3 is 5.97 Å². The number of hydrogen-bond donors (Lipinski definition) is 2. The zero-order chi connectivity index (χ0) is 13.5. The third-order valence-corrected chi connectivity index (χ3v) is 3.67. The number of nitrogens with zero attached hydrogens (tertiary/aromatic N) is 1. The van der Waals surface area contributed by atoms with Crippen LogP contribution in [0.1, 0.15) is 18.4 Å². The van der Waals surface area contributed by atoms with Crippen LogP contribution in [0.3, 0.4) is 0 Å². The van der Waals surface area contributed by atoms with Gasteiger partial charge in [0, 0.05) is 16.1 Å². The molecule has 96 valence electrons. The van der Waals surface area contributed by atoms with Crippen LogP contribution in [0, 0.1) is 17.0 Å². The second kappa shape index (κ2) is 4.24. The van der Waals surface area contributed by atoms with Gasteiger partial charge in [0.2, 0.25) is 0 Å². The smallest absolute Gasteiger partial charge is 0.329 e. The van der Waals surface area contributed by atoms with Gasteiger partial charge in [-0.2, -0.15) is 0 Å². The lowest BCUT2D eigenvalue weighted by Crippen LogP contribution is -2.31. The van der Waals surface area contributed by atoms with E-state index in [2.05, 4.69) is 21.2 Å². The van der Waals surface area contributed by atoms with E-state index < -0.39 is 16.4 Å². The van der Waals surface area contributed by atoms with Crippen molar-refractivity contribution >= 4 is 33.3 Å². The number of halogens is 1. The number of aryl methyl sites for hydroxylation is 1. The minimum Gasteiger partial charge on any atom is -0.480 e. The number of rotatable bonds is 4. The molecule has 2 rings (SSSR count). The van der Waals surface area contributed by atoms with Crippen LogP contribution < -0.4 is 5.32 Å². The van der Waals surface area contributed by atoms with Crippen molar-refractivity contribution in [3.63, 3.8) is 0 Å². The second-order valence-electron chi connectivity index (χ2n) is 4.39. The fraction of sp³-hybridized carbons (Fsp3) is 0.364. The quantitative estimate of drug-likeness (QED) is 0.658. The molecule has 0 aromatic heterocycles. The first-order valence-corrected chi connectivity index (χ1v) is 6.11. The van der Waals surface area contributed by atoms with E-state index in [1.165, 1.54) is 6.07 Å². The molecule has 0 saturated heterocycles. The Kier molecular flexibility index (Phi) is 3.02. The molecule has 0 bridgehead atoms. The lowest BCUT2D eigenvalue weighted by molar-refractivity contribution is -0.385. The maximum Gasteiger partial charge on any atom is 0.329 e. The molecule has 0 atom stereocenters. The van der Waals surface area contributed by atoms with Gasteiger partial charge < -0.3 is 10.4 Å². The summed E-state index contributed by atoms with van der Waals surface area (Å²) >= 11 is 3.22. The highest BCUT2D eigenvalue weighted by Crippen LogP contribution is 2.42. The van der Waals surface area contributed by atoms with Gasteiger partial charge in [-0.15, -0.1) is 0 Å². The Morgan fingerprint density at radius 3 is 2.61 bits per heavy atom. The molecule has 1 aromatic rings. The van der Waals surface area contributed by atoms with Gasteiger partial charge in [-0.1, -0.05) is 0 Å². The number of nitrogens with one attached hydrogen (secondary N) is 1. The molecule has 0 heterocycles. The fourth-order valence-electron chi connectivity index (χ4n) is 1.74. The highest BCUT2D eigenvalue weighted by atomic mass is 79.9. The molecule has 7 heteroatoms. The van der Waals surface area contributed by atoms with Crippen LogP contribution in [0.25, 0.3) is 0 Å². The van der Waals surface area contributed by atoms with Gasteiger partial charge in [-0.05, 0) is 41.8 Å². The van der Waals surface area contributed by atoms with Crippen molar-refractivity contribution in [1.82, 2.24) is 0 Å². The topological polar surface area (TPSA) is 92.5 Å². The van der Waals surface area contributed by atoms with Crippen molar-refractivity contribution in [1.29, 1.82) is 0 Å². The van der Waals surface area contributed by atoms with Crippen molar-refractivity contribution < 1.29 is 14.8 Å². The van der Waals surface area contributed by atoms with Crippen LogP contribution in [-0.2, 0) is 4.79 Å². The third kappa shape index (κ3) is 2.17. The van der Waals surface area contributed by atoms with Gasteiger partial charge in [0.15, 0.2) is 0 Å². The molecule has 1 saturated carbocycles. The number of hydrogen-bond acceptors (Lipinski definition) is 4. The Bertz CT molecular complexity index is 540. The number of nitro groups is 1. The molecular weight excluding hydrogens is 304 g/mol. The van der Waals surface area contributed by atoms with Crippen molar-refractivity contribution in [2.24, 2.45) is 0 Å². The van der Waals surface area contributed by atoms with Gasteiger partial charge in [-0.25, -0.2) is 4.79 Å². The SMILES string of the molecule is Cc1cc(NC2(C(=O)O)CC2)c(Br)cc1[N+](=O)[O-]. The summed E-state index contributed by atoms with van der Waals surface area (Å²) in [6, 6.07) is 2.97. The molecule has 6 nitrogen and oxygen atoms in total. The average Bonchev–Trinajstić information content (AvgIpc) is 3.03. The van der Waals surface area contributed by atoms with E-state index in [1.807, 2.05) is 0 Å². The summed E-state index contributed by atoms with van der Waals surface area (Å²) in [6.45, 7) is 1.62. The van der Waals surface area contributed by atoms with Crippen LogP contribution in [0.5, 0.6) is 0 Å². The first kappa shape index (κ1) is 12.8. The monoisotopic (exact) mass is 314 g/mol. The number of carbonyl (C=O) groups is 1. The summed E-state index contributed by atoms with van der Waals surface area (Å²) in [7, 11) is 0. The normalized spacial score (nSPS) is 16.1. The highest BCUT2D eigenvalue weighted by Gasteiger charge is 2.50. The summed E-state index contributed by atoms with van der Waals surface area (Å²) in [5.74, 6) is -0.898. The van der Waals surface area contributed by atoms with Gasteiger partial charge in [0.05, 0.1) is 10.6 Å². The predicted molar refractivity (Wildman–Crippen MR) is 68.8 cm³/mol. The van der Waals surface area contributed by atoms with Gasteiger partial charge in [0.25, 0.3) is 5.69 Å². The number of benzene rings is 1. The van der Waals surface area contributed by atoms with Crippen LogP contribution in [0.15, 0.2) is 16.6 Å². The molecule has 0 aliphatic heterocycles. The molecule has 0 radical (unpaired) electrons. The summed E-state index contributed by atoms with van der Waals surface area (Å²) in [6.07, 6.45) is 1.12. The molecule has 18 heavy (non-hydrogen) atoms. The van der Waals surface area contributed by atoms with Crippen molar-refractivity contribution in [3.8, 4) is 0 Å². The fourth-order valence-corrected chi connectivity index (χ4v) is 2.17. The summed E-state index contributed by atoms with van der Waals surface area (Å²) < 4.78 is 0.493. The number of carboxylic acid groups (broad SMARTS) is 1. The van der Waals surface area contributed by atoms with Crippen LogP contribution in [0.2, 0.25) is 0 Å². The van der Waals surface area contributed by atoms with Gasteiger partial charge in [0.1, 0.15) is 5.54 Å². The van der Waals surface area contributed by atoms with Gasteiger partial charge in [-0.3, -0.25) is 10.1 Å². The zero-order valence-electron chi connectivity index (χ0n) is 9.57. The largest absolute Gasteiger partial charge is 0.480 e. The van der Waals surface area contributed by atoms with E-state index >= 15 is 0 Å². The number of anilines is 1. The van der Waals surface area contributed by atoms with E-state index in [1.54, 1.807) is 13.0 Å². The number of nitro benzene ring substituents is 1. The minimum absolute atomic E-state index is 0.00703.